The summed E-state index contributed by atoms with van der Waals surface area (Å²) < 4.78 is 0. The smallest absolute Gasteiger partial charge is 0.258 e. The van der Waals surface area contributed by atoms with Crippen molar-refractivity contribution in [3.05, 3.63) is 60.3 Å². The third-order valence-electron chi connectivity index (χ3n) is 2.91. The molecule has 0 spiro atoms. The highest BCUT2D eigenvalue weighted by Crippen LogP contribution is 2.15. The zero-order valence-corrected chi connectivity index (χ0v) is 10.6. The number of rotatable bonds is 2. The van der Waals surface area contributed by atoms with Crippen LogP contribution in [0, 0.1) is 0 Å². The molecule has 0 radical (unpaired) electrons. The molecule has 5 heteroatoms. The summed E-state index contributed by atoms with van der Waals surface area (Å²) in [5.74, 6) is 0.162. The molecule has 0 aliphatic rings. The maximum absolute atomic E-state index is 12.1. The molecule has 3 aromatic rings. The van der Waals surface area contributed by atoms with Crippen LogP contribution in [0.4, 0.5) is 11.5 Å². The largest absolute Gasteiger partial charge is 0.398 e. The minimum absolute atomic E-state index is 0.286. The zero-order chi connectivity index (χ0) is 13.9. The average Bonchev–Trinajstić information content (AvgIpc) is 2.47. The molecule has 20 heavy (non-hydrogen) atoms. The third-order valence-corrected chi connectivity index (χ3v) is 2.91. The van der Waals surface area contributed by atoms with E-state index in [1.54, 1.807) is 36.5 Å². The first-order chi connectivity index (χ1) is 9.74. The van der Waals surface area contributed by atoms with Crippen LogP contribution in [0.15, 0.2) is 54.7 Å². The van der Waals surface area contributed by atoms with Gasteiger partial charge in [0.2, 0.25) is 0 Å². The highest BCUT2D eigenvalue weighted by molar-refractivity contribution is 6.07. The maximum Gasteiger partial charge on any atom is 0.258 e. The van der Waals surface area contributed by atoms with E-state index in [0.29, 0.717) is 22.7 Å². The van der Waals surface area contributed by atoms with Crippen molar-refractivity contribution in [1.82, 2.24) is 9.97 Å². The summed E-state index contributed by atoms with van der Waals surface area (Å²) in [6.45, 7) is 0. The lowest BCUT2D eigenvalue weighted by Crippen LogP contribution is -2.14. The van der Waals surface area contributed by atoms with Gasteiger partial charge in [0.25, 0.3) is 5.91 Å². The van der Waals surface area contributed by atoms with Gasteiger partial charge < -0.3 is 11.1 Å². The number of carbonyl (C=O) groups is 1. The summed E-state index contributed by atoms with van der Waals surface area (Å²) in [6.07, 6.45) is 1.66. The molecule has 98 valence electrons. The van der Waals surface area contributed by atoms with E-state index in [-0.39, 0.29) is 5.91 Å². The van der Waals surface area contributed by atoms with E-state index in [0.717, 1.165) is 5.39 Å². The first kappa shape index (κ1) is 12.1. The number of nitrogens with one attached hydrogen (secondary N) is 1. The molecule has 5 nitrogen and oxygen atoms in total. The van der Waals surface area contributed by atoms with E-state index in [4.69, 9.17) is 5.73 Å². The van der Waals surface area contributed by atoms with Crippen LogP contribution in [0.5, 0.6) is 0 Å². The number of para-hydroxylation sites is 1. The molecule has 2 heterocycles. The lowest BCUT2D eigenvalue weighted by Gasteiger charge is -2.07. The van der Waals surface area contributed by atoms with Crippen molar-refractivity contribution in [2.24, 2.45) is 0 Å². The normalized spacial score (nSPS) is 10.4. The number of aromatic nitrogens is 2. The van der Waals surface area contributed by atoms with Crippen molar-refractivity contribution >= 4 is 28.4 Å². The summed E-state index contributed by atoms with van der Waals surface area (Å²) in [4.78, 5) is 20.6. The second kappa shape index (κ2) is 4.97. The Morgan fingerprint density at radius 2 is 1.90 bits per heavy atom. The molecular formula is C15H12N4O. The van der Waals surface area contributed by atoms with Crippen LogP contribution in [0.2, 0.25) is 0 Å². The predicted molar refractivity (Wildman–Crippen MR) is 78.3 cm³/mol. The number of fused-ring (bicyclic) bond motifs is 1. The van der Waals surface area contributed by atoms with Crippen molar-refractivity contribution in [3.63, 3.8) is 0 Å². The number of nitrogen functional groups attached to an aromatic ring is 1. The van der Waals surface area contributed by atoms with Crippen molar-refractivity contribution < 1.29 is 4.79 Å². The first-order valence-corrected chi connectivity index (χ1v) is 6.12. The van der Waals surface area contributed by atoms with E-state index in [1.807, 2.05) is 18.2 Å². The Morgan fingerprint density at radius 3 is 2.75 bits per heavy atom. The van der Waals surface area contributed by atoms with E-state index in [2.05, 4.69) is 15.3 Å². The Kier molecular flexibility index (Phi) is 3.01. The van der Waals surface area contributed by atoms with Gasteiger partial charge in [-0.3, -0.25) is 4.79 Å². The van der Waals surface area contributed by atoms with Gasteiger partial charge in [0.05, 0.1) is 5.56 Å². The standard InChI is InChI=1S/C15H12N4O/c16-12-6-2-1-5-11(12)15(20)19-13-8-7-10-4-3-9-17-14(10)18-13/h1-9H,16H2,(H,17,18,19,20). The number of hydrogen-bond donors (Lipinski definition) is 2. The Bertz CT molecular complexity index is 785. The lowest BCUT2D eigenvalue weighted by molar-refractivity contribution is 0.102. The molecule has 0 fully saturated rings. The number of hydrogen-bond acceptors (Lipinski definition) is 4. The summed E-state index contributed by atoms with van der Waals surface area (Å²) in [6, 6.07) is 14.3. The number of benzene rings is 1. The van der Waals surface area contributed by atoms with E-state index in [1.165, 1.54) is 0 Å². The molecule has 0 aliphatic carbocycles. The lowest BCUT2D eigenvalue weighted by atomic mass is 10.1. The Labute approximate surface area is 115 Å². The first-order valence-electron chi connectivity index (χ1n) is 6.12. The SMILES string of the molecule is Nc1ccccc1C(=O)Nc1ccc2cccnc2n1. The van der Waals surface area contributed by atoms with Crippen LogP contribution >= 0.6 is 0 Å². The molecule has 0 bridgehead atoms. The topological polar surface area (TPSA) is 80.9 Å². The predicted octanol–water partition coefficient (Wildman–Crippen LogP) is 2.46. The fraction of sp³-hybridized carbons (Fsp3) is 0. The van der Waals surface area contributed by atoms with Gasteiger partial charge in [-0.1, -0.05) is 12.1 Å². The van der Waals surface area contributed by atoms with Crippen molar-refractivity contribution in [3.8, 4) is 0 Å². The Balaban J connectivity index is 1.89. The number of anilines is 2. The second-order valence-corrected chi connectivity index (χ2v) is 4.29. The summed E-state index contributed by atoms with van der Waals surface area (Å²) >= 11 is 0. The molecule has 0 saturated heterocycles. The quantitative estimate of drug-likeness (QED) is 0.697. The van der Waals surface area contributed by atoms with Crippen LogP contribution < -0.4 is 11.1 Å². The minimum Gasteiger partial charge on any atom is -0.398 e. The summed E-state index contributed by atoms with van der Waals surface area (Å²) in [7, 11) is 0. The van der Waals surface area contributed by atoms with E-state index < -0.39 is 0 Å². The van der Waals surface area contributed by atoms with Crippen LogP contribution in [0.3, 0.4) is 0 Å². The number of pyridine rings is 2. The fourth-order valence-corrected chi connectivity index (χ4v) is 1.91. The second-order valence-electron chi connectivity index (χ2n) is 4.29. The molecule has 0 saturated carbocycles. The van der Waals surface area contributed by atoms with Gasteiger partial charge in [-0.15, -0.1) is 0 Å². The van der Waals surface area contributed by atoms with Crippen LogP contribution in [0.25, 0.3) is 11.0 Å². The van der Waals surface area contributed by atoms with Gasteiger partial charge in [-0.05, 0) is 36.4 Å². The highest BCUT2D eigenvalue weighted by atomic mass is 16.1. The highest BCUT2D eigenvalue weighted by Gasteiger charge is 2.10. The Morgan fingerprint density at radius 1 is 1.05 bits per heavy atom. The fourth-order valence-electron chi connectivity index (χ4n) is 1.91. The van der Waals surface area contributed by atoms with Crippen LogP contribution in [-0.4, -0.2) is 15.9 Å². The van der Waals surface area contributed by atoms with Crippen molar-refractivity contribution in [2.75, 3.05) is 11.1 Å². The van der Waals surface area contributed by atoms with Gasteiger partial charge in [0, 0.05) is 17.3 Å². The van der Waals surface area contributed by atoms with Crippen molar-refractivity contribution in [2.45, 2.75) is 0 Å². The number of nitrogens with two attached hydrogens (primary N) is 1. The molecule has 0 atom stereocenters. The molecule has 0 unspecified atom stereocenters. The monoisotopic (exact) mass is 264 g/mol. The zero-order valence-electron chi connectivity index (χ0n) is 10.6. The summed E-state index contributed by atoms with van der Waals surface area (Å²) in [5.41, 5.74) is 7.22. The van der Waals surface area contributed by atoms with Gasteiger partial charge in [-0.25, -0.2) is 9.97 Å². The van der Waals surface area contributed by atoms with Gasteiger partial charge in [0.15, 0.2) is 5.65 Å². The molecule has 1 aromatic carbocycles. The molecule has 3 rings (SSSR count). The van der Waals surface area contributed by atoms with Crippen LogP contribution in [-0.2, 0) is 0 Å². The van der Waals surface area contributed by atoms with Crippen LogP contribution in [0.1, 0.15) is 10.4 Å². The van der Waals surface area contributed by atoms with E-state index in [9.17, 15) is 4.79 Å². The molecule has 2 aromatic heterocycles. The van der Waals surface area contributed by atoms with Gasteiger partial charge in [0.1, 0.15) is 5.82 Å². The maximum atomic E-state index is 12.1. The van der Waals surface area contributed by atoms with Gasteiger partial charge >= 0.3 is 0 Å². The number of nitrogens with zero attached hydrogens (tertiary/aromatic N) is 2. The Hall–Kier alpha value is -2.95. The summed E-state index contributed by atoms with van der Waals surface area (Å²) in [5, 5.41) is 3.64. The molecule has 1 amide bonds. The molecule has 3 N–H and O–H groups in total. The third kappa shape index (κ3) is 2.29. The molecule has 0 aliphatic heterocycles. The average molecular weight is 264 g/mol. The van der Waals surface area contributed by atoms with E-state index >= 15 is 0 Å². The van der Waals surface area contributed by atoms with Crippen molar-refractivity contribution in [1.29, 1.82) is 0 Å². The molecular weight excluding hydrogens is 252 g/mol. The minimum atomic E-state index is -0.286. The number of amides is 1. The van der Waals surface area contributed by atoms with Gasteiger partial charge in [-0.2, -0.15) is 0 Å². The number of carbonyl (C=O) groups excluding carboxylic acids is 1.